The van der Waals surface area contributed by atoms with Gasteiger partial charge in [0.2, 0.25) is 5.91 Å². The van der Waals surface area contributed by atoms with Crippen LogP contribution < -0.4 is 15.0 Å². The van der Waals surface area contributed by atoms with Crippen molar-refractivity contribution in [3.63, 3.8) is 0 Å². The summed E-state index contributed by atoms with van der Waals surface area (Å²) < 4.78 is 5.36. The van der Waals surface area contributed by atoms with Crippen LogP contribution >= 0.6 is 11.6 Å². The van der Waals surface area contributed by atoms with Crippen molar-refractivity contribution in [2.24, 2.45) is 0 Å². The highest BCUT2D eigenvalue weighted by molar-refractivity contribution is 6.30. The van der Waals surface area contributed by atoms with Gasteiger partial charge >= 0.3 is 0 Å². The van der Waals surface area contributed by atoms with Gasteiger partial charge in [0.25, 0.3) is 5.91 Å². The molecular weight excluding hydrogens is 390 g/mol. The number of carbonyl (C=O) groups is 2. The number of aryl methyl sites for hydroxylation is 2. The number of rotatable bonds is 8. The van der Waals surface area contributed by atoms with E-state index in [0.29, 0.717) is 11.6 Å². The standard InChI is InChI=1S/C22H28ClN3O3/c1-15-7-6-8-16(2)22(15)24-20(27)13-26(4)21(28)14-25(3)12-17-11-18(23)9-10-19(17)29-5/h6-11H,12-14H2,1-5H3,(H,24,27)/p+1. The highest BCUT2D eigenvalue weighted by atomic mass is 35.5. The summed E-state index contributed by atoms with van der Waals surface area (Å²) in [6.07, 6.45) is 0. The summed E-state index contributed by atoms with van der Waals surface area (Å²) >= 11 is 6.07. The number of hydrogen-bond donors (Lipinski definition) is 2. The van der Waals surface area contributed by atoms with Gasteiger partial charge in [-0.3, -0.25) is 9.59 Å². The van der Waals surface area contributed by atoms with E-state index in [1.54, 1.807) is 20.2 Å². The average molecular weight is 419 g/mol. The van der Waals surface area contributed by atoms with Crippen LogP contribution in [0, 0.1) is 13.8 Å². The molecule has 0 heterocycles. The first-order valence-electron chi connectivity index (χ1n) is 9.45. The molecule has 6 nitrogen and oxygen atoms in total. The zero-order valence-corrected chi connectivity index (χ0v) is 18.4. The summed E-state index contributed by atoms with van der Waals surface area (Å²) in [6, 6.07) is 11.3. The number of methoxy groups -OCH3 is 1. The molecule has 7 heteroatoms. The third kappa shape index (κ3) is 6.48. The van der Waals surface area contributed by atoms with Crippen LogP contribution in [0.1, 0.15) is 16.7 Å². The number of amides is 2. The topological polar surface area (TPSA) is 63.1 Å². The van der Waals surface area contributed by atoms with E-state index in [-0.39, 0.29) is 24.9 Å². The number of halogens is 1. The van der Waals surface area contributed by atoms with Crippen LogP contribution in [0.15, 0.2) is 36.4 Å². The number of anilines is 1. The lowest BCUT2D eigenvalue weighted by molar-refractivity contribution is -0.885. The molecule has 0 bridgehead atoms. The van der Waals surface area contributed by atoms with E-state index in [9.17, 15) is 9.59 Å². The Bertz CT molecular complexity index is 865. The molecular formula is C22H29ClN3O3+. The zero-order valence-electron chi connectivity index (χ0n) is 17.6. The van der Waals surface area contributed by atoms with Gasteiger partial charge in [-0.05, 0) is 43.2 Å². The maximum atomic E-state index is 12.6. The van der Waals surface area contributed by atoms with Gasteiger partial charge in [-0.15, -0.1) is 0 Å². The number of hydrogen-bond acceptors (Lipinski definition) is 3. The zero-order chi connectivity index (χ0) is 21.6. The molecule has 1 atom stereocenters. The Hall–Kier alpha value is -2.57. The van der Waals surface area contributed by atoms with Crippen molar-refractivity contribution >= 4 is 29.1 Å². The maximum absolute atomic E-state index is 12.6. The van der Waals surface area contributed by atoms with Crippen LogP contribution in [-0.2, 0) is 16.1 Å². The first-order valence-corrected chi connectivity index (χ1v) is 9.82. The molecule has 29 heavy (non-hydrogen) atoms. The Kier molecular flexibility index (Phi) is 8.05. The van der Waals surface area contributed by atoms with Crippen molar-refractivity contribution in [1.82, 2.24) is 4.90 Å². The van der Waals surface area contributed by atoms with Gasteiger partial charge in [-0.25, -0.2) is 0 Å². The van der Waals surface area contributed by atoms with E-state index in [1.165, 1.54) is 4.90 Å². The normalized spacial score (nSPS) is 11.7. The molecule has 0 radical (unpaired) electrons. The van der Waals surface area contributed by atoms with Crippen molar-refractivity contribution in [1.29, 1.82) is 0 Å². The molecule has 0 saturated carbocycles. The Morgan fingerprint density at radius 2 is 1.83 bits per heavy atom. The minimum absolute atomic E-state index is 0.000371. The van der Waals surface area contributed by atoms with E-state index >= 15 is 0 Å². The first kappa shape index (κ1) is 22.7. The second-order valence-corrected chi connectivity index (χ2v) is 7.77. The quantitative estimate of drug-likeness (QED) is 0.690. The molecule has 156 valence electrons. The van der Waals surface area contributed by atoms with Gasteiger partial charge < -0.3 is 19.9 Å². The summed E-state index contributed by atoms with van der Waals surface area (Å²) in [6.45, 7) is 4.72. The number of benzene rings is 2. The smallest absolute Gasteiger partial charge is 0.277 e. The van der Waals surface area contributed by atoms with Crippen LogP contribution in [0.5, 0.6) is 5.75 Å². The molecule has 2 N–H and O–H groups in total. The molecule has 0 aliphatic heterocycles. The Morgan fingerprint density at radius 3 is 2.45 bits per heavy atom. The molecule has 2 aromatic rings. The molecule has 1 unspecified atom stereocenters. The molecule has 2 aromatic carbocycles. The van der Waals surface area contributed by atoms with Crippen LogP contribution in [0.25, 0.3) is 0 Å². The number of nitrogens with zero attached hydrogens (tertiary/aromatic N) is 1. The van der Waals surface area contributed by atoms with Gasteiger partial charge in [-0.2, -0.15) is 0 Å². The van der Waals surface area contributed by atoms with Crippen LogP contribution in [0.2, 0.25) is 5.02 Å². The Balaban J connectivity index is 1.91. The monoisotopic (exact) mass is 418 g/mol. The fourth-order valence-corrected chi connectivity index (χ4v) is 3.35. The largest absolute Gasteiger partial charge is 0.496 e. The summed E-state index contributed by atoms with van der Waals surface area (Å²) in [5.74, 6) is 0.412. The second-order valence-electron chi connectivity index (χ2n) is 7.33. The number of quaternary nitrogens is 1. The maximum Gasteiger partial charge on any atom is 0.277 e. The van der Waals surface area contributed by atoms with Gasteiger partial charge in [0.15, 0.2) is 6.54 Å². The molecule has 0 aromatic heterocycles. The molecule has 0 fully saturated rings. The number of nitrogens with one attached hydrogen (secondary N) is 2. The van der Waals surface area contributed by atoms with E-state index in [2.05, 4.69) is 5.32 Å². The van der Waals surface area contributed by atoms with Gasteiger partial charge in [0.05, 0.1) is 20.7 Å². The third-order valence-corrected chi connectivity index (χ3v) is 4.97. The van der Waals surface area contributed by atoms with Crippen molar-refractivity contribution in [3.05, 3.63) is 58.1 Å². The lowest BCUT2D eigenvalue weighted by atomic mass is 10.1. The fourth-order valence-electron chi connectivity index (χ4n) is 3.16. The molecule has 0 aliphatic carbocycles. The highest BCUT2D eigenvalue weighted by Gasteiger charge is 2.19. The molecule has 2 amide bonds. The molecule has 0 spiro atoms. The van der Waals surface area contributed by atoms with Crippen molar-refractivity contribution < 1.29 is 19.2 Å². The van der Waals surface area contributed by atoms with E-state index in [4.69, 9.17) is 16.3 Å². The molecule has 0 aliphatic rings. The predicted octanol–water partition coefficient (Wildman–Crippen LogP) is 2.08. The summed E-state index contributed by atoms with van der Waals surface area (Å²) in [5.41, 5.74) is 3.72. The third-order valence-electron chi connectivity index (χ3n) is 4.74. The number of likely N-dealkylation sites (N-methyl/N-ethyl adjacent to an activating group) is 2. The molecule has 0 saturated heterocycles. The number of carbonyl (C=O) groups excluding carboxylic acids is 2. The summed E-state index contributed by atoms with van der Waals surface area (Å²) in [5, 5.41) is 3.53. The summed E-state index contributed by atoms with van der Waals surface area (Å²) in [4.78, 5) is 27.4. The highest BCUT2D eigenvalue weighted by Crippen LogP contribution is 2.22. The van der Waals surface area contributed by atoms with Crippen LogP contribution in [0.3, 0.4) is 0 Å². The Morgan fingerprint density at radius 1 is 1.17 bits per heavy atom. The lowest BCUT2D eigenvalue weighted by Gasteiger charge is -2.21. The SMILES string of the molecule is COc1ccc(Cl)cc1C[NH+](C)CC(=O)N(C)CC(=O)Nc1c(C)cccc1C. The first-order chi connectivity index (χ1) is 13.7. The summed E-state index contributed by atoms with van der Waals surface area (Å²) in [7, 11) is 5.17. The second kappa shape index (κ2) is 10.3. The van der Waals surface area contributed by atoms with Crippen LogP contribution in [-0.4, -0.2) is 51.0 Å². The fraction of sp³-hybridized carbons (Fsp3) is 0.364. The van der Waals surface area contributed by atoms with Gasteiger partial charge in [-0.1, -0.05) is 29.8 Å². The van der Waals surface area contributed by atoms with E-state index < -0.39 is 0 Å². The van der Waals surface area contributed by atoms with Gasteiger partial charge in [0.1, 0.15) is 12.3 Å². The van der Waals surface area contributed by atoms with Crippen molar-refractivity contribution in [2.75, 3.05) is 39.6 Å². The minimum Gasteiger partial charge on any atom is -0.496 e. The number of para-hydroxylation sites is 1. The van der Waals surface area contributed by atoms with Gasteiger partial charge in [0, 0.05) is 23.3 Å². The molecule has 2 rings (SSSR count). The van der Waals surface area contributed by atoms with E-state index in [0.717, 1.165) is 33.0 Å². The van der Waals surface area contributed by atoms with Crippen molar-refractivity contribution in [2.45, 2.75) is 20.4 Å². The number of ether oxygens (including phenoxy) is 1. The van der Waals surface area contributed by atoms with Crippen LogP contribution in [0.4, 0.5) is 5.69 Å². The predicted molar refractivity (Wildman–Crippen MR) is 116 cm³/mol. The average Bonchev–Trinajstić information content (AvgIpc) is 2.65. The lowest BCUT2D eigenvalue weighted by Crippen LogP contribution is -3.08. The van der Waals surface area contributed by atoms with Crippen molar-refractivity contribution in [3.8, 4) is 5.75 Å². The minimum atomic E-state index is -0.215. The van der Waals surface area contributed by atoms with E-state index in [1.807, 2.05) is 51.2 Å². The Labute approximate surface area is 177 Å².